The van der Waals surface area contributed by atoms with Gasteiger partial charge in [0.2, 0.25) is 0 Å². The smallest absolute Gasteiger partial charge is 0.127 e. The molecule has 0 bridgehead atoms. The van der Waals surface area contributed by atoms with Crippen LogP contribution in [0.4, 0.5) is 4.39 Å². The number of hydrogen-bond acceptors (Lipinski definition) is 2. The molecule has 3 heteroatoms. The lowest BCUT2D eigenvalue weighted by molar-refractivity contribution is -0.0721. The fourth-order valence-corrected chi connectivity index (χ4v) is 3.06. The number of ether oxygens (including phenoxy) is 1. The molecule has 1 aromatic rings. The van der Waals surface area contributed by atoms with Crippen LogP contribution in [0.5, 0.6) is 0 Å². The minimum atomic E-state index is -0.0817. The first-order valence-electron chi connectivity index (χ1n) is 6.34. The Morgan fingerprint density at radius 2 is 2.18 bits per heavy atom. The van der Waals surface area contributed by atoms with E-state index in [1.807, 2.05) is 12.1 Å². The summed E-state index contributed by atoms with van der Waals surface area (Å²) < 4.78 is 19.3. The quantitative estimate of drug-likeness (QED) is 0.866. The molecule has 2 saturated heterocycles. The molecule has 0 saturated carbocycles. The van der Waals surface area contributed by atoms with E-state index in [1.54, 1.807) is 12.1 Å². The maximum atomic E-state index is 13.9. The summed E-state index contributed by atoms with van der Waals surface area (Å²) in [7, 11) is 0. The lowest BCUT2D eigenvalue weighted by atomic mass is 9.72. The first-order valence-corrected chi connectivity index (χ1v) is 6.34. The Kier molecular flexibility index (Phi) is 2.89. The van der Waals surface area contributed by atoms with Crippen LogP contribution in [0.25, 0.3) is 0 Å². The Labute approximate surface area is 101 Å². The predicted molar refractivity (Wildman–Crippen MR) is 64.5 cm³/mol. The molecule has 1 N–H and O–H groups in total. The third-order valence-corrected chi connectivity index (χ3v) is 4.04. The van der Waals surface area contributed by atoms with Crippen LogP contribution in [0.2, 0.25) is 0 Å². The van der Waals surface area contributed by atoms with Gasteiger partial charge in [-0.1, -0.05) is 18.2 Å². The second-order valence-corrected chi connectivity index (χ2v) is 5.32. The molecule has 3 rings (SSSR count). The molecule has 1 unspecified atom stereocenters. The van der Waals surface area contributed by atoms with Gasteiger partial charge in [-0.3, -0.25) is 0 Å². The van der Waals surface area contributed by atoms with E-state index in [0.29, 0.717) is 19.1 Å². The molecule has 0 radical (unpaired) electrons. The Morgan fingerprint density at radius 3 is 2.76 bits per heavy atom. The maximum absolute atomic E-state index is 13.9. The van der Waals surface area contributed by atoms with Gasteiger partial charge in [-0.2, -0.15) is 0 Å². The van der Waals surface area contributed by atoms with Gasteiger partial charge in [0.1, 0.15) is 5.82 Å². The van der Waals surface area contributed by atoms with Crippen molar-refractivity contribution < 1.29 is 9.13 Å². The van der Waals surface area contributed by atoms with Crippen molar-refractivity contribution in [2.45, 2.75) is 18.3 Å². The molecule has 17 heavy (non-hydrogen) atoms. The molecule has 0 spiro atoms. The second kappa shape index (κ2) is 4.39. The molecule has 2 aliphatic rings. The van der Waals surface area contributed by atoms with Crippen LogP contribution < -0.4 is 5.32 Å². The predicted octanol–water partition coefficient (Wildman–Crippen LogP) is 2.09. The average molecular weight is 235 g/mol. The molecular formula is C14H18FNO. The van der Waals surface area contributed by atoms with Crippen LogP contribution in [-0.2, 0) is 10.2 Å². The van der Waals surface area contributed by atoms with Crippen molar-refractivity contribution in [3.63, 3.8) is 0 Å². The molecule has 2 heterocycles. The summed E-state index contributed by atoms with van der Waals surface area (Å²) in [5.41, 5.74) is 0.778. The van der Waals surface area contributed by atoms with Gasteiger partial charge in [0.05, 0.1) is 13.2 Å². The van der Waals surface area contributed by atoms with Crippen LogP contribution in [0.1, 0.15) is 18.4 Å². The molecule has 1 aromatic carbocycles. The van der Waals surface area contributed by atoms with Gasteiger partial charge in [0.15, 0.2) is 0 Å². The zero-order valence-electron chi connectivity index (χ0n) is 9.92. The van der Waals surface area contributed by atoms with Crippen LogP contribution in [0.15, 0.2) is 24.3 Å². The number of benzene rings is 1. The standard InChI is InChI=1S/C14H18FNO/c15-13-4-2-1-3-12(13)14(9-17-10-14)7-11-5-6-16-8-11/h1-4,11,16H,5-10H2. The van der Waals surface area contributed by atoms with Gasteiger partial charge >= 0.3 is 0 Å². The van der Waals surface area contributed by atoms with E-state index in [0.717, 1.165) is 25.1 Å². The Hall–Kier alpha value is -0.930. The normalized spacial score (nSPS) is 26.8. The highest BCUT2D eigenvalue weighted by Gasteiger charge is 2.43. The van der Waals surface area contributed by atoms with Gasteiger partial charge in [-0.15, -0.1) is 0 Å². The fourth-order valence-electron chi connectivity index (χ4n) is 3.06. The molecule has 2 nitrogen and oxygen atoms in total. The molecule has 1 atom stereocenters. The van der Waals surface area contributed by atoms with Crippen LogP contribution in [-0.4, -0.2) is 26.3 Å². The first-order chi connectivity index (χ1) is 8.30. The van der Waals surface area contributed by atoms with E-state index in [1.165, 1.54) is 6.42 Å². The molecule has 92 valence electrons. The van der Waals surface area contributed by atoms with Crippen molar-refractivity contribution >= 4 is 0 Å². The largest absolute Gasteiger partial charge is 0.379 e. The molecule has 0 aromatic heterocycles. The molecule has 0 aliphatic carbocycles. The van der Waals surface area contributed by atoms with Crippen molar-refractivity contribution in [2.24, 2.45) is 5.92 Å². The zero-order chi connectivity index (χ0) is 11.7. The monoisotopic (exact) mass is 235 g/mol. The lowest BCUT2D eigenvalue weighted by Crippen LogP contribution is -2.48. The molecule has 2 aliphatic heterocycles. The topological polar surface area (TPSA) is 21.3 Å². The number of nitrogens with one attached hydrogen (secondary N) is 1. The average Bonchev–Trinajstić information content (AvgIpc) is 2.77. The number of rotatable bonds is 3. The van der Waals surface area contributed by atoms with E-state index in [4.69, 9.17) is 4.74 Å². The highest BCUT2D eigenvalue weighted by atomic mass is 19.1. The minimum Gasteiger partial charge on any atom is -0.379 e. The third kappa shape index (κ3) is 1.98. The van der Waals surface area contributed by atoms with Crippen molar-refractivity contribution in [3.8, 4) is 0 Å². The van der Waals surface area contributed by atoms with E-state index in [2.05, 4.69) is 5.32 Å². The van der Waals surface area contributed by atoms with Gasteiger partial charge in [0.25, 0.3) is 0 Å². The van der Waals surface area contributed by atoms with Crippen LogP contribution in [0.3, 0.4) is 0 Å². The van der Waals surface area contributed by atoms with Gasteiger partial charge in [0, 0.05) is 5.41 Å². The summed E-state index contributed by atoms with van der Waals surface area (Å²) in [5, 5.41) is 3.37. The van der Waals surface area contributed by atoms with Crippen molar-refractivity contribution in [3.05, 3.63) is 35.6 Å². The Balaban J connectivity index is 1.83. The first kappa shape index (κ1) is 11.2. The second-order valence-electron chi connectivity index (χ2n) is 5.32. The number of halogens is 1. The van der Waals surface area contributed by atoms with E-state index >= 15 is 0 Å². The lowest BCUT2D eigenvalue weighted by Gasteiger charge is -2.43. The summed E-state index contributed by atoms with van der Waals surface area (Å²) >= 11 is 0. The Bertz CT molecular complexity index is 397. The summed E-state index contributed by atoms with van der Waals surface area (Å²) in [6, 6.07) is 7.15. The van der Waals surface area contributed by atoms with Crippen LogP contribution in [0, 0.1) is 11.7 Å². The SMILES string of the molecule is Fc1ccccc1C1(CC2CCNC2)COC1. The fraction of sp³-hybridized carbons (Fsp3) is 0.571. The highest BCUT2D eigenvalue weighted by molar-refractivity contribution is 5.29. The van der Waals surface area contributed by atoms with Gasteiger partial charge in [-0.25, -0.2) is 4.39 Å². The summed E-state index contributed by atoms with van der Waals surface area (Å²) in [6.45, 7) is 3.50. The molecular weight excluding hydrogens is 217 g/mol. The van der Waals surface area contributed by atoms with Crippen LogP contribution >= 0.6 is 0 Å². The van der Waals surface area contributed by atoms with Crippen molar-refractivity contribution in [2.75, 3.05) is 26.3 Å². The molecule has 2 fully saturated rings. The van der Waals surface area contributed by atoms with Gasteiger partial charge in [-0.05, 0) is 43.5 Å². The van der Waals surface area contributed by atoms with E-state index in [9.17, 15) is 4.39 Å². The van der Waals surface area contributed by atoms with Gasteiger partial charge < -0.3 is 10.1 Å². The van der Waals surface area contributed by atoms with E-state index < -0.39 is 0 Å². The van der Waals surface area contributed by atoms with E-state index in [-0.39, 0.29) is 11.2 Å². The molecule has 0 amide bonds. The maximum Gasteiger partial charge on any atom is 0.127 e. The summed E-state index contributed by atoms with van der Waals surface area (Å²) in [4.78, 5) is 0. The summed E-state index contributed by atoms with van der Waals surface area (Å²) in [6.07, 6.45) is 2.25. The summed E-state index contributed by atoms with van der Waals surface area (Å²) in [5.74, 6) is 0.584. The Morgan fingerprint density at radius 1 is 1.35 bits per heavy atom. The number of hydrogen-bond donors (Lipinski definition) is 1. The van der Waals surface area contributed by atoms with Crippen molar-refractivity contribution in [1.29, 1.82) is 0 Å². The highest BCUT2D eigenvalue weighted by Crippen LogP contribution is 2.40. The third-order valence-electron chi connectivity index (χ3n) is 4.04. The minimum absolute atomic E-state index is 0.0674. The van der Waals surface area contributed by atoms with Crippen molar-refractivity contribution in [1.82, 2.24) is 5.32 Å². The zero-order valence-corrected chi connectivity index (χ0v) is 9.92.